The van der Waals surface area contributed by atoms with Crippen molar-refractivity contribution in [3.63, 3.8) is 0 Å². The van der Waals surface area contributed by atoms with E-state index in [4.69, 9.17) is 9.84 Å². The second kappa shape index (κ2) is 14.5. The van der Waals surface area contributed by atoms with Crippen molar-refractivity contribution in [2.24, 2.45) is 0 Å². The van der Waals surface area contributed by atoms with Gasteiger partial charge in [0.2, 0.25) is 0 Å². The van der Waals surface area contributed by atoms with Crippen LogP contribution in [0.4, 0.5) is 5.69 Å². The number of pyridine rings is 1. The van der Waals surface area contributed by atoms with Crippen LogP contribution in [0, 0.1) is 13.8 Å². The van der Waals surface area contributed by atoms with Gasteiger partial charge < -0.3 is 30.4 Å². The number of carbonyl (C=O) groups is 2. The van der Waals surface area contributed by atoms with Crippen LogP contribution in [-0.2, 0) is 11.3 Å². The number of ether oxygens (including phenoxy) is 1. The quantitative estimate of drug-likeness (QED) is 0.263. The Morgan fingerprint density at radius 3 is 2.35 bits per heavy atom. The summed E-state index contributed by atoms with van der Waals surface area (Å²) in [5, 5.41) is 14.7. The highest BCUT2D eigenvalue weighted by atomic mass is 16.5. The minimum atomic E-state index is -0.256. The van der Waals surface area contributed by atoms with Gasteiger partial charge in [-0.25, -0.2) is 0 Å². The number of nitrogens with one attached hydrogen (secondary N) is 3. The smallest absolute Gasteiger partial charge is 0.253 e. The van der Waals surface area contributed by atoms with E-state index in [1.807, 2.05) is 52.0 Å². The highest BCUT2D eigenvalue weighted by Crippen LogP contribution is 2.34. The number of aromatic amines is 1. The summed E-state index contributed by atoms with van der Waals surface area (Å²) in [6, 6.07) is 13.5. The third kappa shape index (κ3) is 7.53. The summed E-state index contributed by atoms with van der Waals surface area (Å²) in [5.41, 5.74) is 6.71. The number of H-pyrrole nitrogens is 1. The summed E-state index contributed by atoms with van der Waals surface area (Å²) in [6.45, 7) is 12.4. The Hall–Kier alpha value is -3.95. The van der Waals surface area contributed by atoms with E-state index < -0.39 is 0 Å². The van der Waals surface area contributed by atoms with E-state index in [1.165, 1.54) is 0 Å². The zero-order chi connectivity index (χ0) is 31.1. The minimum absolute atomic E-state index is 0.121. The molecule has 9 nitrogen and oxygen atoms in total. The molecule has 1 aliphatic rings. The number of amides is 2. The van der Waals surface area contributed by atoms with E-state index in [0.717, 1.165) is 53.0 Å². The van der Waals surface area contributed by atoms with Crippen molar-refractivity contribution >= 4 is 17.5 Å². The lowest BCUT2D eigenvalue weighted by Crippen LogP contribution is -2.40. The third-order valence-electron chi connectivity index (χ3n) is 8.14. The topological polar surface area (TPSA) is 124 Å². The normalized spacial score (nSPS) is 13.7. The molecule has 1 aliphatic heterocycles. The van der Waals surface area contributed by atoms with E-state index in [2.05, 4.69) is 33.5 Å². The average Bonchev–Trinajstić information content (AvgIpc) is 3.00. The van der Waals surface area contributed by atoms with Gasteiger partial charge >= 0.3 is 0 Å². The number of benzene rings is 2. The molecule has 0 bridgehead atoms. The summed E-state index contributed by atoms with van der Waals surface area (Å²) in [6.07, 6.45) is 1.82. The van der Waals surface area contributed by atoms with Crippen LogP contribution in [0.15, 0.2) is 47.3 Å². The van der Waals surface area contributed by atoms with Crippen LogP contribution in [0.1, 0.15) is 82.6 Å². The van der Waals surface area contributed by atoms with Crippen molar-refractivity contribution in [3.8, 4) is 11.1 Å². The van der Waals surface area contributed by atoms with E-state index in [9.17, 15) is 14.4 Å². The van der Waals surface area contributed by atoms with Gasteiger partial charge in [-0.15, -0.1) is 0 Å². The molecule has 1 fully saturated rings. The fourth-order valence-electron chi connectivity index (χ4n) is 5.81. The summed E-state index contributed by atoms with van der Waals surface area (Å²) in [4.78, 5) is 44.3. The minimum Gasteiger partial charge on any atom is -0.395 e. The predicted molar refractivity (Wildman–Crippen MR) is 170 cm³/mol. The van der Waals surface area contributed by atoms with E-state index >= 15 is 0 Å². The van der Waals surface area contributed by atoms with E-state index in [1.54, 1.807) is 12.1 Å². The van der Waals surface area contributed by atoms with Crippen molar-refractivity contribution in [1.29, 1.82) is 0 Å². The van der Waals surface area contributed by atoms with Crippen molar-refractivity contribution in [2.45, 2.75) is 66.0 Å². The molecule has 4 rings (SSSR count). The summed E-state index contributed by atoms with van der Waals surface area (Å²) in [7, 11) is 0. The first-order valence-corrected chi connectivity index (χ1v) is 15.1. The average molecular weight is 589 g/mol. The molecule has 230 valence electrons. The van der Waals surface area contributed by atoms with Crippen LogP contribution in [0.25, 0.3) is 11.1 Å². The fraction of sp³-hybridized carbons (Fsp3) is 0.441. The van der Waals surface area contributed by atoms with Crippen LogP contribution in [0.2, 0.25) is 0 Å². The zero-order valence-electron chi connectivity index (χ0n) is 25.9. The maximum absolute atomic E-state index is 13.8. The molecule has 1 saturated heterocycles. The lowest BCUT2D eigenvalue weighted by Gasteiger charge is -2.37. The van der Waals surface area contributed by atoms with Gasteiger partial charge in [0.25, 0.3) is 17.4 Å². The van der Waals surface area contributed by atoms with Crippen LogP contribution < -0.4 is 21.1 Å². The highest BCUT2D eigenvalue weighted by molar-refractivity contribution is 5.99. The molecule has 0 spiro atoms. The highest BCUT2D eigenvalue weighted by Gasteiger charge is 2.25. The van der Waals surface area contributed by atoms with Crippen LogP contribution in [-0.4, -0.2) is 60.9 Å². The Kier molecular flexibility index (Phi) is 10.8. The maximum atomic E-state index is 13.8. The monoisotopic (exact) mass is 588 g/mol. The number of nitrogens with zero attached hydrogens (tertiary/aromatic N) is 1. The van der Waals surface area contributed by atoms with Gasteiger partial charge in [-0.3, -0.25) is 14.4 Å². The SMILES string of the molecule is CCN(c1cc(-c2ccc(C(=O)NCCO)cc2)cc(C(=O)NCc2c(C(C)C)cc(C)[nH]c2=O)c1C)C1CCOCC1. The second-order valence-electron chi connectivity index (χ2n) is 11.4. The Balaban J connectivity index is 1.72. The third-order valence-corrected chi connectivity index (χ3v) is 8.14. The van der Waals surface area contributed by atoms with Gasteiger partial charge in [-0.1, -0.05) is 26.0 Å². The summed E-state index contributed by atoms with van der Waals surface area (Å²) >= 11 is 0. The van der Waals surface area contributed by atoms with Gasteiger partial charge in [0.1, 0.15) is 0 Å². The molecule has 0 atom stereocenters. The van der Waals surface area contributed by atoms with Crippen LogP contribution >= 0.6 is 0 Å². The van der Waals surface area contributed by atoms with Crippen molar-refractivity contribution in [1.82, 2.24) is 15.6 Å². The molecule has 0 unspecified atom stereocenters. The van der Waals surface area contributed by atoms with Gasteiger partial charge in [0.15, 0.2) is 0 Å². The number of carbonyl (C=O) groups excluding carboxylic acids is 2. The molecule has 1 aromatic heterocycles. The number of aliphatic hydroxyl groups is 1. The molecular formula is C34H44N4O5. The molecule has 2 amide bonds. The van der Waals surface area contributed by atoms with Gasteiger partial charge in [-0.2, -0.15) is 0 Å². The van der Waals surface area contributed by atoms with Gasteiger partial charge in [0, 0.05) is 67.0 Å². The maximum Gasteiger partial charge on any atom is 0.253 e. The largest absolute Gasteiger partial charge is 0.395 e. The number of aryl methyl sites for hydroxylation is 1. The first-order valence-electron chi connectivity index (χ1n) is 15.1. The van der Waals surface area contributed by atoms with Crippen molar-refractivity contribution in [2.75, 3.05) is 37.8 Å². The zero-order valence-corrected chi connectivity index (χ0v) is 25.9. The first kappa shape index (κ1) is 32.0. The number of aromatic nitrogens is 1. The predicted octanol–water partition coefficient (Wildman–Crippen LogP) is 4.44. The van der Waals surface area contributed by atoms with Gasteiger partial charge in [0.05, 0.1) is 6.61 Å². The number of rotatable bonds is 11. The lowest BCUT2D eigenvalue weighted by molar-refractivity contribution is 0.0845. The Morgan fingerprint density at radius 2 is 1.72 bits per heavy atom. The molecule has 0 saturated carbocycles. The molecular weight excluding hydrogens is 544 g/mol. The van der Waals surface area contributed by atoms with Crippen molar-refractivity contribution < 1.29 is 19.4 Å². The summed E-state index contributed by atoms with van der Waals surface area (Å²) < 4.78 is 5.62. The molecule has 43 heavy (non-hydrogen) atoms. The van der Waals surface area contributed by atoms with Crippen LogP contribution in [0.3, 0.4) is 0 Å². The van der Waals surface area contributed by atoms with Crippen LogP contribution in [0.5, 0.6) is 0 Å². The fourth-order valence-corrected chi connectivity index (χ4v) is 5.81. The molecule has 4 N–H and O–H groups in total. The van der Waals surface area contributed by atoms with E-state index in [0.29, 0.717) is 35.9 Å². The molecule has 2 heterocycles. The molecule has 0 radical (unpaired) electrons. The molecule has 2 aromatic carbocycles. The van der Waals surface area contributed by atoms with Crippen molar-refractivity contribution in [3.05, 3.63) is 86.3 Å². The number of aliphatic hydroxyl groups excluding tert-OH is 1. The Bertz CT molecular complexity index is 1490. The molecule has 3 aromatic rings. The number of anilines is 1. The number of hydrogen-bond donors (Lipinski definition) is 4. The molecule has 9 heteroatoms. The Labute approximate surface area is 253 Å². The Morgan fingerprint density at radius 1 is 1.02 bits per heavy atom. The molecule has 0 aliphatic carbocycles. The standard InChI is InChI=1S/C34H44N4O5/c1-6-38(27-11-15-43-16-12-27)31-19-26(24-7-9-25(10-8-24)32(40)35-13-14-39)18-29(23(31)5)33(41)36-20-30-28(21(2)3)17-22(4)37-34(30)42/h7-10,17-19,21,27,39H,6,11-16,20H2,1-5H3,(H,35,40)(H,36,41)(H,37,42). The first-order chi connectivity index (χ1) is 20.6. The lowest BCUT2D eigenvalue weighted by atomic mass is 9.94. The number of hydrogen-bond acceptors (Lipinski definition) is 6. The second-order valence-corrected chi connectivity index (χ2v) is 11.4. The summed E-state index contributed by atoms with van der Waals surface area (Å²) in [5.74, 6) is -0.372. The van der Waals surface area contributed by atoms with E-state index in [-0.39, 0.29) is 43.0 Å². The van der Waals surface area contributed by atoms with Gasteiger partial charge in [-0.05, 0) is 92.1 Å².